The molecule has 0 aromatic carbocycles. The maximum Gasteiger partial charge on any atom is 0.240 e. The normalized spacial score (nSPS) is 27.8. The van der Waals surface area contributed by atoms with Crippen molar-refractivity contribution in [3.8, 4) is 0 Å². The topological polar surface area (TPSA) is 54.5 Å². The maximum atomic E-state index is 12.0. The standard InChI is InChI=1S/C13H19N3O2S/c17-12(15-13-14-5-8-19-13)9-16-6-7-18-11-4-2-1-3-10(11)16/h5,8,10-11H,1-4,6-7,9H2,(H,14,15,17). The summed E-state index contributed by atoms with van der Waals surface area (Å²) >= 11 is 1.45. The van der Waals surface area contributed by atoms with Crippen LogP contribution in [0.1, 0.15) is 25.7 Å². The van der Waals surface area contributed by atoms with Crippen LogP contribution in [0.3, 0.4) is 0 Å². The van der Waals surface area contributed by atoms with Crippen LogP contribution in [0.25, 0.3) is 0 Å². The first kappa shape index (κ1) is 13.0. The number of rotatable bonds is 3. The van der Waals surface area contributed by atoms with Gasteiger partial charge >= 0.3 is 0 Å². The smallest absolute Gasteiger partial charge is 0.240 e. The van der Waals surface area contributed by atoms with Crippen molar-refractivity contribution in [3.63, 3.8) is 0 Å². The van der Waals surface area contributed by atoms with Crippen LogP contribution in [0, 0.1) is 0 Å². The maximum absolute atomic E-state index is 12.0. The van der Waals surface area contributed by atoms with Gasteiger partial charge in [0, 0.05) is 24.2 Å². The average molecular weight is 281 g/mol. The second-order valence-electron chi connectivity index (χ2n) is 5.12. The summed E-state index contributed by atoms with van der Waals surface area (Å²) in [5, 5.41) is 5.39. The Balaban J connectivity index is 1.57. The van der Waals surface area contributed by atoms with Crippen LogP contribution in [0.4, 0.5) is 5.13 Å². The third-order valence-electron chi connectivity index (χ3n) is 3.87. The zero-order chi connectivity index (χ0) is 13.1. The minimum atomic E-state index is 0.0289. The predicted molar refractivity (Wildman–Crippen MR) is 74.3 cm³/mol. The number of nitrogens with one attached hydrogen (secondary N) is 1. The number of hydrogen-bond donors (Lipinski definition) is 1. The molecule has 1 aromatic heterocycles. The molecule has 1 amide bonds. The van der Waals surface area contributed by atoms with Crippen LogP contribution in [0.15, 0.2) is 11.6 Å². The molecule has 5 nitrogen and oxygen atoms in total. The molecular formula is C13H19N3O2S. The lowest BCUT2D eigenvalue weighted by Gasteiger charge is -2.43. The third-order valence-corrected chi connectivity index (χ3v) is 4.56. The Bertz CT molecular complexity index is 422. The number of anilines is 1. The van der Waals surface area contributed by atoms with E-state index in [9.17, 15) is 4.79 Å². The SMILES string of the molecule is O=C(CN1CCOC2CCCCC21)Nc1nccs1. The van der Waals surface area contributed by atoms with Gasteiger partial charge in [-0.05, 0) is 12.8 Å². The largest absolute Gasteiger partial charge is 0.375 e. The summed E-state index contributed by atoms with van der Waals surface area (Å²) < 4.78 is 5.82. The molecule has 2 heterocycles. The fourth-order valence-corrected chi connectivity index (χ4v) is 3.55. The fraction of sp³-hybridized carbons (Fsp3) is 0.692. The van der Waals surface area contributed by atoms with Crippen molar-refractivity contribution in [2.75, 3.05) is 25.0 Å². The van der Waals surface area contributed by atoms with E-state index in [2.05, 4.69) is 15.2 Å². The van der Waals surface area contributed by atoms with Crippen molar-refractivity contribution in [1.82, 2.24) is 9.88 Å². The second kappa shape index (κ2) is 5.98. The summed E-state index contributed by atoms with van der Waals surface area (Å²) in [4.78, 5) is 18.4. The number of fused-ring (bicyclic) bond motifs is 1. The number of ether oxygens (including phenoxy) is 1. The molecule has 2 aliphatic rings. The molecule has 104 valence electrons. The van der Waals surface area contributed by atoms with E-state index >= 15 is 0 Å². The number of thiazole rings is 1. The molecule has 2 fully saturated rings. The van der Waals surface area contributed by atoms with Crippen molar-refractivity contribution in [2.45, 2.75) is 37.8 Å². The Kier molecular flexibility index (Phi) is 4.10. The van der Waals surface area contributed by atoms with Gasteiger partial charge in [-0.25, -0.2) is 4.98 Å². The minimum Gasteiger partial charge on any atom is -0.375 e. The summed E-state index contributed by atoms with van der Waals surface area (Å²) in [5.74, 6) is 0.0289. The second-order valence-corrected chi connectivity index (χ2v) is 6.01. The van der Waals surface area contributed by atoms with E-state index in [1.54, 1.807) is 6.20 Å². The van der Waals surface area contributed by atoms with Gasteiger partial charge in [0.05, 0.1) is 19.3 Å². The molecule has 3 rings (SSSR count). The van der Waals surface area contributed by atoms with Crippen molar-refractivity contribution < 1.29 is 9.53 Å². The highest BCUT2D eigenvalue weighted by Gasteiger charge is 2.34. The summed E-state index contributed by atoms with van der Waals surface area (Å²) in [7, 11) is 0. The predicted octanol–water partition coefficient (Wildman–Crippen LogP) is 1.72. The van der Waals surface area contributed by atoms with E-state index in [0.29, 0.717) is 23.8 Å². The molecule has 1 saturated heterocycles. The van der Waals surface area contributed by atoms with Gasteiger partial charge in [0.15, 0.2) is 5.13 Å². The van der Waals surface area contributed by atoms with Crippen LogP contribution in [-0.4, -0.2) is 47.6 Å². The lowest BCUT2D eigenvalue weighted by molar-refractivity contribution is -0.124. The van der Waals surface area contributed by atoms with E-state index in [-0.39, 0.29) is 5.91 Å². The Morgan fingerprint density at radius 1 is 1.53 bits per heavy atom. The first-order chi connectivity index (χ1) is 9.33. The van der Waals surface area contributed by atoms with Gasteiger partial charge < -0.3 is 10.1 Å². The van der Waals surface area contributed by atoms with Gasteiger partial charge in [-0.2, -0.15) is 0 Å². The Hall–Kier alpha value is -0.980. The zero-order valence-electron chi connectivity index (χ0n) is 10.9. The Morgan fingerprint density at radius 2 is 2.42 bits per heavy atom. The number of carbonyl (C=O) groups excluding carboxylic acids is 1. The van der Waals surface area contributed by atoms with Crippen LogP contribution >= 0.6 is 11.3 Å². The molecule has 1 aliphatic heterocycles. The number of nitrogens with zero attached hydrogens (tertiary/aromatic N) is 2. The lowest BCUT2D eigenvalue weighted by Crippen LogP contribution is -2.54. The molecule has 1 aliphatic carbocycles. The number of morpholine rings is 1. The molecule has 6 heteroatoms. The molecule has 0 bridgehead atoms. The molecule has 2 atom stereocenters. The van der Waals surface area contributed by atoms with Gasteiger partial charge in [0.1, 0.15) is 0 Å². The lowest BCUT2D eigenvalue weighted by atomic mass is 9.90. The van der Waals surface area contributed by atoms with Crippen LogP contribution in [0.2, 0.25) is 0 Å². The summed E-state index contributed by atoms with van der Waals surface area (Å²) in [6.07, 6.45) is 6.81. The van der Waals surface area contributed by atoms with Crippen molar-refractivity contribution in [1.29, 1.82) is 0 Å². The van der Waals surface area contributed by atoms with E-state index < -0.39 is 0 Å². The quantitative estimate of drug-likeness (QED) is 0.916. The molecule has 1 saturated carbocycles. The number of hydrogen-bond acceptors (Lipinski definition) is 5. The van der Waals surface area contributed by atoms with E-state index in [1.165, 1.54) is 24.2 Å². The van der Waals surface area contributed by atoms with Crippen LogP contribution in [-0.2, 0) is 9.53 Å². The number of aromatic nitrogens is 1. The van der Waals surface area contributed by atoms with Crippen molar-refractivity contribution >= 4 is 22.4 Å². The molecule has 0 radical (unpaired) electrons. The highest BCUT2D eigenvalue weighted by molar-refractivity contribution is 7.13. The first-order valence-corrected chi connectivity index (χ1v) is 7.76. The Morgan fingerprint density at radius 3 is 3.26 bits per heavy atom. The van der Waals surface area contributed by atoms with Gasteiger partial charge in [0.25, 0.3) is 0 Å². The first-order valence-electron chi connectivity index (χ1n) is 6.88. The molecule has 1 N–H and O–H groups in total. The highest BCUT2D eigenvalue weighted by atomic mass is 32.1. The van der Waals surface area contributed by atoms with Crippen LogP contribution in [0.5, 0.6) is 0 Å². The van der Waals surface area contributed by atoms with Gasteiger partial charge in [0.2, 0.25) is 5.91 Å². The summed E-state index contributed by atoms with van der Waals surface area (Å²) in [5.41, 5.74) is 0. The average Bonchev–Trinajstić information content (AvgIpc) is 2.92. The van der Waals surface area contributed by atoms with Gasteiger partial charge in [-0.3, -0.25) is 9.69 Å². The molecular weight excluding hydrogens is 262 g/mol. The zero-order valence-corrected chi connectivity index (χ0v) is 11.7. The molecule has 19 heavy (non-hydrogen) atoms. The minimum absolute atomic E-state index is 0.0289. The van der Waals surface area contributed by atoms with E-state index in [4.69, 9.17) is 4.74 Å². The highest BCUT2D eigenvalue weighted by Crippen LogP contribution is 2.28. The Labute approximate surface area is 117 Å². The fourth-order valence-electron chi connectivity index (χ4n) is 3.00. The van der Waals surface area contributed by atoms with Gasteiger partial charge in [-0.15, -0.1) is 11.3 Å². The number of carbonyl (C=O) groups is 1. The third kappa shape index (κ3) is 3.13. The number of amides is 1. The molecule has 0 spiro atoms. The molecule has 2 unspecified atom stereocenters. The van der Waals surface area contributed by atoms with E-state index in [1.807, 2.05) is 5.38 Å². The van der Waals surface area contributed by atoms with E-state index in [0.717, 1.165) is 26.0 Å². The molecule has 1 aromatic rings. The monoisotopic (exact) mass is 281 g/mol. The van der Waals surface area contributed by atoms with Gasteiger partial charge in [-0.1, -0.05) is 12.8 Å². The van der Waals surface area contributed by atoms with Crippen molar-refractivity contribution in [3.05, 3.63) is 11.6 Å². The van der Waals surface area contributed by atoms with Crippen molar-refractivity contribution in [2.24, 2.45) is 0 Å². The summed E-state index contributed by atoms with van der Waals surface area (Å²) in [6.45, 7) is 2.04. The summed E-state index contributed by atoms with van der Waals surface area (Å²) in [6, 6.07) is 0.421. The van der Waals surface area contributed by atoms with Crippen LogP contribution < -0.4 is 5.32 Å².